The van der Waals surface area contributed by atoms with E-state index in [1.54, 1.807) is 0 Å². The number of carbonyl (C=O) groups is 1. The Morgan fingerprint density at radius 3 is 2.44 bits per heavy atom. The molecular weight excluding hydrogens is 312 g/mol. The molecular formula is C22H38O3. The van der Waals surface area contributed by atoms with Crippen molar-refractivity contribution < 1.29 is 14.3 Å². The van der Waals surface area contributed by atoms with Gasteiger partial charge in [-0.15, -0.1) is 0 Å². The number of hydrogen-bond acceptors (Lipinski definition) is 3. The molecule has 0 aromatic rings. The van der Waals surface area contributed by atoms with Gasteiger partial charge in [-0.1, -0.05) is 20.8 Å². The Kier molecular flexibility index (Phi) is 5.82. The summed E-state index contributed by atoms with van der Waals surface area (Å²) in [6, 6.07) is 0. The van der Waals surface area contributed by atoms with Crippen LogP contribution in [0.25, 0.3) is 0 Å². The topological polar surface area (TPSA) is 35.5 Å². The zero-order valence-electron chi connectivity index (χ0n) is 16.9. The Morgan fingerprint density at radius 2 is 1.76 bits per heavy atom. The lowest BCUT2D eigenvalue weighted by Crippen LogP contribution is -2.29. The van der Waals surface area contributed by atoms with E-state index in [0.717, 1.165) is 55.0 Å². The van der Waals surface area contributed by atoms with Gasteiger partial charge in [0.1, 0.15) is 0 Å². The Morgan fingerprint density at radius 1 is 1.08 bits per heavy atom. The predicted octanol–water partition coefficient (Wildman–Crippen LogP) is 5.08. The van der Waals surface area contributed by atoms with E-state index in [2.05, 4.69) is 20.8 Å². The Hall–Kier alpha value is -0.570. The minimum absolute atomic E-state index is 0.0118. The first-order chi connectivity index (χ1) is 11.8. The van der Waals surface area contributed by atoms with Crippen molar-refractivity contribution in [2.45, 2.75) is 78.7 Å². The molecule has 0 spiro atoms. The molecule has 3 rings (SSSR count). The molecule has 0 N–H and O–H groups in total. The molecule has 3 saturated carbocycles. The second-order valence-corrected chi connectivity index (χ2v) is 9.68. The molecule has 144 valence electrons. The summed E-state index contributed by atoms with van der Waals surface area (Å²) in [5.74, 6) is 5.03. The quantitative estimate of drug-likeness (QED) is 0.573. The largest absolute Gasteiger partial charge is 0.465 e. The molecule has 0 heterocycles. The Bertz CT molecular complexity index is 470. The number of esters is 1. The zero-order valence-corrected chi connectivity index (χ0v) is 16.9. The molecule has 3 aliphatic rings. The molecule has 25 heavy (non-hydrogen) atoms. The molecule has 2 bridgehead atoms. The highest BCUT2D eigenvalue weighted by molar-refractivity contribution is 5.71. The van der Waals surface area contributed by atoms with Crippen molar-refractivity contribution in [2.24, 2.45) is 41.4 Å². The van der Waals surface area contributed by atoms with Crippen LogP contribution in [0.4, 0.5) is 0 Å². The van der Waals surface area contributed by atoms with E-state index in [0.29, 0.717) is 6.61 Å². The van der Waals surface area contributed by atoms with Gasteiger partial charge in [-0.2, -0.15) is 0 Å². The van der Waals surface area contributed by atoms with Gasteiger partial charge in [0.25, 0.3) is 0 Å². The number of hydrogen-bond donors (Lipinski definition) is 0. The average Bonchev–Trinajstić information content (AvgIpc) is 3.24. The summed E-state index contributed by atoms with van der Waals surface area (Å²) in [5, 5.41) is 0. The third-order valence-electron chi connectivity index (χ3n) is 7.61. The minimum atomic E-state index is -0.0458. The van der Waals surface area contributed by atoms with Gasteiger partial charge in [0.15, 0.2) is 0 Å². The van der Waals surface area contributed by atoms with Crippen LogP contribution in [0, 0.1) is 41.4 Å². The van der Waals surface area contributed by atoms with Crippen molar-refractivity contribution in [3.63, 3.8) is 0 Å². The van der Waals surface area contributed by atoms with E-state index in [1.807, 2.05) is 13.8 Å². The third-order valence-corrected chi connectivity index (χ3v) is 7.61. The van der Waals surface area contributed by atoms with Crippen LogP contribution < -0.4 is 0 Å². The summed E-state index contributed by atoms with van der Waals surface area (Å²) < 4.78 is 11.8. The van der Waals surface area contributed by atoms with Crippen molar-refractivity contribution in [1.82, 2.24) is 0 Å². The summed E-state index contributed by atoms with van der Waals surface area (Å²) in [7, 11) is 0. The van der Waals surface area contributed by atoms with Crippen molar-refractivity contribution in [3.05, 3.63) is 0 Å². The summed E-state index contributed by atoms with van der Waals surface area (Å²) in [6.45, 7) is 12.0. The third kappa shape index (κ3) is 3.91. The fourth-order valence-electron chi connectivity index (χ4n) is 5.93. The van der Waals surface area contributed by atoms with Crippen molar-refractivity contribution in [2.75, 3.05) is 13.2 Å². The molecule has 0 amide bonds. The van der Waals surface area contributed by atoms with E-state index in [1.165, 1.54) is 25.7 Å². The van der Waals surface area contributed by atoms with E-state index in [9.17, 15) is 4.79 Å². The smallest absolute Gasteiger partial charge is 0.308 e. The van der Waals surface area contributed by atoms with E-state index in [4.69, 9.17) is 9.47 Å². The van der Waals surface area contributed by atoms with Crippen molar-refractivity contribution in [3.8, 4) is 0 Å². The Balaban J connectivity index is 1.54. The van der Waals surface area contributed by atoms with Crippen molar-refractivity contribution in [1.29, 1.82) is 0 Å². The molecule has 3 fully saturated rings. The highest BCUT2D eigenvalue weighted by atomic mass is 16.5. The normalized spacial score (nSPS) is 36.9. The van der Waals surface area contributed by atoms with Gasteiger partial charge < -0.3 is 9.47 Å². The van der Waals surface area contributed by atoms with Gasteiger partial charge in [0.2, 0.25) is 0 Å². The molecule has 0 aromatic heterocycles. The van der Waals surface area contributed by atoms with E-state index < -0.39 is 0 Å². The maximum absolute atomic E-state index is 11.7. The molecule has 6 atom stereocenters. The summed E-state index contributed by atoms with van der Waals surface area (Å²) in [4.78, 5) is 11.7. The van der Waals surface area contributed by atoms with Gasteiger partial charge in [0, 0.05) is 0 Å². The van der Waals surface area contributed by atoms with Gasteiger partial charge in [0.05, 0.1) is 24.7 Å². The first kappa shape index (κ1) is 19.2. The predicted molar refractivity (Wildman–Crippen MR) is 100 cm³/mol. The lowest BCUT2D eigenvalue weighted by atomic mass is 9.77. The lowest BCUT2D eigenvalue weighted by molar-refractivity contribution is -0.147. The molecule has 0 radical (unpaired) electrons. The minimum Gasteiger partial charge on any atom is -0.465 e. The highest BCUT2D eigenvalue weighted by Gasteiger charge is 2.58. The summed E-state index contributed by atoms with van der Waals surface area (Å²) >= 11 is 0. The van der Waals surface area contributed by atoms with Crippen LogP contribution >= 0.6 is 0 Å². The second-order valence-electron chi connectivity index (χ2n) is 9.68. The second kappa shape index (κ2) is 7.58. The molecule has 3 heteroatoms. The van der Waals surface area contributed by atoms with Crippen LogP contribution in [0.2, 0.25) is 0 Å². The molecule has 3 aliphatic carbocycles. The van der Waals surface area contributed by atoms with Crippen molar-refractivity contribution >= 4 is 5.97 Å². The van der Waals surface area contributed by atoms with Gasteiger partial charge in [-0.05, 0) is 87.9 Å². The zero-order chi connectivity index (χ0) is 18.2. The fourth-order valence-corrected chi connectivity index (χ4v) is 5.93. The average molecular weight is 351 g/mol. The molecule has 0 saturated heterocycles. The maximum atomic E-state index is 11.7. The number of fused-ring (bicyclic) bond motifs is 5. The first-order valence-electron chi connectivity index (χ1n) is 10.6. The summed E-state index contributed by atoms with van der Waals surface area (Å²) in [5.41, 5.74) is 0.0155. The van der Waals surface area contributed by atoms with Gasteiger partial charge in [-0.3, -0.25) is 4.79 Å². The van der Waals surface area contributed by atoms with Crippen LogP contribution in [-0.4, -0.2) is 24.8 Å². The van der Waals surface area contributed by atoms with Crippen LogP contribution in [0.3, 0.4) is 0 Å². The lowest BCUT2D eigenvalue weighted by Gasteiger charge is -2.30. The van der Waals surface area contributed by atoms with Crippen LogP contribution in [0.5, 0.6) is 0 Å². The fraction of sp³-hybridized carbons (Fsp3) is 0.955. The molecule has 0 aromatic carbocycles. The summed E-state index contributed by atoms with van der Waals surface area (Å²) in [6.07, 6.45) is 7.69. The molecule has 0 aliphatic heterocycles. The van der Waals surface area contributed by atoms with Crippen LogP contribution in [0.15, 0.2) is 0 Å². The Labute approximate surface area is 154 Å². The van der Waals surface area contributed by atoms with E-state index >= 15 is 0 Å². The van der Waals surface area contributed by atoms with Crippen LogP contribution in [-0.2, 0) is 14.3 Å². The molecule has 6 unspecified atom stereocenters. The monoisotopic (exact) mass is 350 g/mol. The van der Waals surface area contributed by atoms with E-state index in [-0.39, 0.29) is 17.5 Å². The molecule has 3 nitrogen and oxygen atoms in total. The number of rotatable bonds is 8. The van der Waals surface area contributed by atoms with Gasteiger partial charge in [-0.25, -0.2) is 0 Å². The standard InChI is InChI=1S/C22H38O3/c1-6-22(4,5)25-13-19-16-9-10-18(19)20-15(7-8-17(16)20)11-12-24-21(23)14(2)3/h14-20H,6-13H2,1-5H3. The highest BCUT2D eigenvalue weighted by Crippen LogP contribution is 2.64. The van der Waals surface area contributed by atoms with Gasteiger partial charge >= 0.3 is 5.97 Å². The number of ether oxygens (including phenoxy) is 2. The number of carbonyl (C=O) groups excluding carboxylic acids is 1. The first-order valence-corrected chi connectivity index (χ1v) is 10.6. The maximum Gasteiger partial charge on any atom is 0.308 e. The SMILES string of the molecule is CCC(C)(C)OCC1C2CCC1C1C(CCOC(=O)C(C)C)CCC21. The van der Waals surface area contributed by atoms with Crippen LogP contribution in [0.1, 0.15) is 73.1 Å².